The Labute approximate surface area is 63.7 Å². The molecule has 0 saturated heterocycles. The summed E-state index contributed by atoms with van der Waals surface area (Å²) in [5.74, 6) is 0. The first-order valence-corrected chi connectivity index (χ1v) is 3.86. The van der Waals surface area contributed by atoms with E-state index < -0.39 is 0 Å². The third-order valence-electron chi connectivity index (χ3n) is 1.21. The molecule has 1 aromatic heterocycles. The molecule has 0 amide bonds. The number of thiophene rings is 1. The smallest absolute Gasteiger partial charge is 0.200 e. The van der Waals surface area contributed by atoms with Crippen LogP contribution in [0.4, 0.5) is 0 Å². The summed E-state index contributed by atoms with van der Waals surface area (Å²) in [4.78, 5) is 11.0. The maximum absolute atomic E-state index is 9.91. The molecule has 1 atom stereocenters. The van der Waals surface area contributed by atoms with Gasteiger partial charge in [-0.1, -0.05) is 6.07 Å². The predicted molar refractivity (Wildman–Crippen MR) is 41.6 cm³/mol. The van der Waals surface area contributed by atoms with E-state index >= 15 is 0 Å². The summed E-state index contributed by atoms with van der Waals surface area (Å²) in [7, 11) is 0. The van der Waals surface area contributed by atoms with E-state index in [1.165, 1.54) is 0 Å². The largest absolute Gasteiger partial charge is 0.323 e. The van der Waals surface area contributed by atoms with Gasteiger partial charge < -0.3 is 5.73 Å². The van der Waals surface area contributed by atoms with Crippen molar-refractivity contribution in [1.29, 1.82) is 0 Å². The summed E-state index contributed by atoms with van der Waals surface area (Å²) in [6.07, 6.45) is 2.08. The van der Waals surface area contributed by atoms with E-state index in [9.17, 15) is 4.79 Å². The van der Waals surface area contributed by atoms with Crippen LogP contribution in [0.25, 0.3) is 0 Å². The minimum atomic E-state index is -0.155. The van der Waals surface area contributed by atoms with Crippen LogP contribution in [0.5, 0.6) is 0 Å². The minimum Gasteiger partial charge on any atom is -0.323 e. The Hall–Kier alpha value is -0.670. The zero-order chi connectivity index (χ0) is 7.40. The number of rotatable bonds is 3. The van der Waals surface area contributed by atoms with Crippen molar-refractivity contribution in [2.24, 2.45) is 5.73 Å². The van der Waals surface area contributed by atoms with Crippen LogP contribution in [0.3, 0.4) is 0 Å². The van der Waals surface area contributed by atoms with Crippen LogP contribution in [-0.4, -0.2) is 6.29 Å². The molecular formula is C7H8NOS. The minimum absolute atomic E-state index is 0.155. The number of hydrogen-bond acceptors (Lipinski definition) is 3. The maximum atomic E-state index is 9.91. The van der Waals surface area contributed by atoms with Gasteiger partial charge in [0.2, 0.25) is 0 Å². The fraction of sp³-hybridized carbons (Fsp3) is 0.286. The third-order valence-corrected chi connectivity index (χ3v) is 2.22. The Morgan fingerprint density at radius 1 is 1.80 bits per heavy atom. The monoisotopic (exact) mass is 154 g/mol. The van der Waals surface area contributed by atoms with Gasteiger partial charge in [0.15, 0.2) is 6.29 Å². The van der Waals surface area contributed by atoms with E-state index in [1.54, 1.807) is 17.6 Å². The lowest BCUT2D eigenvalue weighted by Gasteiger charge is -2.01. The second-order valence-electron chi connectivity index (χ2n) is 1.97. The van der Waals surface area contributed by atoms with Gasteiger partial charge >= 0.3 is 0 Å². The molecule has 1 radical (unpaired) electrons. The Morgan fingerprint density at radius 2 is 2.60 bits per heavy atom. The van der Waals surface area contributed by atoms with Crippen LogP contribution >= 0.6 is 11.3 Å². The van der Waals surface area contributed by atoms with Crippen molar-refractivity contribution in [1.82, 2.24) is 0 Å². The first-order chi connectivity index (χ1) is 4.84. The summed E-state index contributed by atoms with van der Waals surface area (Å²) in [6.45, 7) is 0. The first kappa shape index (κ1) is 7.44. The van der Waals surface area contributed by atoms with Crippen molar-refractivity contribution < 1.29 is 4.79 Å². The van der Waals surface area contributed by atoms with Gasteiger partial charge in [-0.15, -0.1) is 11.3 Å². The SMILES string of the molecule is NC(C[C]=O)c1cccs1. The molecule has 0 bridgehead atoms. The zero-order valence-corrected chi connectivity index (χ0v) is 6.23. The highest BCUT2D eigenvalue weighted by molar-refractivity contribution is 7.10. The van der Waals surface area contributed by atoms with E-state index in [4.69, 9.17) is 5.73 Å². The molecule has 1 rings (SSSR count). The molecule has 1 heterocycles. The molecule has 1 aromatic rings. The molecule has 0 aliphatic rings. The van der Waals surface area contributed by atoms with Crippen LogP contribution in [0.15, 0.2) is 17.5 Å². The normalized spacial score (nSPS) is 12.9. The van der Waals surface area contributed by atoms with E-state index in [0.717, 1.165) is 4.88 Å². The average molecular weight is 154 g/mol. The van der Waals surface area contributed by atoms with Crippen molar-refractivity contribution >= 4 is 17.6 Å². The molecule has 0 saturated carbocycles. The fourth-order valence-corrected chi connectivity index (χ4v) is 1.42. The quantitative estimate of drug-likeness (QED) is 0.712. The maximum Gasteiger partial charge on any atom is 0.200 e. The van der Waals surface area contributed by atoms with Crippen molar-refractivity contribution in [3.63, 3.8) is 0 Å². The van der Waals surface area contributed by atoms with Gasteiger partial charge in [0.25, 0.3) is 0 Å². The van der Waals surface area contributed by atoms with Gasteiger partial charge in [-0.2, -0.15) is 0 Å². The number of nitrogens with two attached hydrogens (primary N) is 1. The highest BCUT2D eigenvalue weighted by Crippen LogP contribution is 2.17. The number of hydrogen-bond donors (Lipinski definition) is 1. The summed E-state index contributed by atoms with van der Waals surface area (Å²) in [6, 6.07) is 3.69. The molecule has 0 aliphatic heterocycles. The second kappa shape index (κ2) is 3.49. The van der Waals surface area contributed by atoms with Crippen LogP contribution < -0.4 is 5.73 Å². The molecule has 0 aliphatic carbocycles. The molecule has 53 valence electrons. The van der Waals surface area contributed by atoms with Crippen molar-refractivity contribution in [2.45, 2.75) is 12.5 Å². The third kappa shape index (κ3) is 1.65. The molecule has 10 heavy (non-hydrogen) atoms. The van der Waals surface area contributed by atoms with Crippen LogP contribution in [-0.2, 0) is 4.79 Å². The van der Waals surface area contributed by atoms with Gasteiger partial charge in [0, 0.05) is 17.3 Å². The van der Waals surface area contributed by atoms with Gasteiger partial charge in [-0.05, 0) is 11.4 Å². The molecule has 0 spiro atoms. The Bertz CT molecular complexity index is 195. The summed E-state index contributed by atoms with van der Waals surface area (Å²) in [5, 5.41) is 1.94. The summed E-state index contributed by atoms with van der Waals surface area (Å²) in [5.41, 5.74) is 5.60. The van der Waals surface area contributed by atoms with Crippen LogP contribution in [0.2, 0.25) is 0 Å². The molecule has 0 fully saturated rings. The highest BCUT2D eigenvalue weighted by Gasteiger charge is 2.04. The summed E-state index contributed by atoms with van der Waals surface area (Å²) >= 11 is 1.57. The van der Waals surface area contributed by atoms with Gasteiger partial charge in [0.1, 0.15) is 0 Å². The average Bonchev–Trinajstić information content (AvgIpc) is 2.38. The topological polar surface area (TPSA) is 43.1 Å². The predicted octanol–water partition coefficient (Wildman–Crippen LogP) is 1.25. The van der Waals surface area contributed by atoms with Crippen LogP contribution in [0.1, 0.15) is 17.3 Å². The lowest BCUT2D eigenvalue weighted by molar-refractivity contribution is 0.544. The van der Waals surface area contributed by atoms with E-state index in [2.05, 4.69) is 0 Å². The van der Waals surface area contributed by atoms with Gasteiger partial charge in [0.05, 0.1) is 0 Å². The Balaban J connectivity index is 2.58. The highest BCUT2D eigenvalue weighted by atomic mass is 32.1. The van der Waals surface area contributed by atoms with Crippen LogP contribution in [0, 0.1) is 0 Å². The van der Waals surface area contributed by atoms with Crippen molar-refractivity contribution in [3.8, 4) is 0 Å². The zero-order valence-electron chi connectivity index (χ0n) is 5.41. The molecule has 2 N–H and O–H groups in total. The Kier molecular flexibility index (Phi) is 2.59. The van der Waals surface area contributed by atoms with Crippen molar-refractivity contribution in [3.05, 3.63) is 22.4 Å². The molecule has 0 aromatic carbocycles. The number of carbonyl (C=O) groups excluding carboxylic acids is 1. The second-order valence-corrected chi connectivity index (χ2v) is 2.95. The fourth-order valence-electron chi connectivity index (χ4n) is 0.693. The lowest BCUT2D eigenvalue weighted by Crippen LogP contribution is -2.08. The van der Waals surface area contributed by atoms with Gasteiger partial charge in [-0.3, -0.25) is 4.79 Å². The van der Waals surface area contributed by atoms with E-state index in [0.29, 0.717) is 6.42 Å². The molecule has 2 nitrogen and oxygen atoms in total. The van der Waals surface area contributed by atoms with Crippen molar-refractivity contribution in [2.75, 3.05) is 0 Å². The first-order valence-electron chi connectivity index (χ1n) is 2.98. The standard InChI is InChI=1S/C7H8NOS/c8-6(3-4-9)7-2-1-5-10-7/h1-2,5-6H,3,8H2. The lowest BCUT2D eigenvalue weighted by atomic mass is 10.2. The van der Waals surface area contributed by atoms with E-state index in [-0.39, 0.29) is 6.04 Å². The molecule has 3 heteroatoms. The van der Waals surface area contributed by atoms with Gasteiger partial charge in [-0.25, -0.2) is 0 Å². The Morgan fingerprint density at radius 3 is 3.10 bits per heavy atom. The summed E-state index contributed by atoms with van der Waals surface area (Å²) < 4.78 is 0. The van der Waals surface area contributed by atoms with E-state index in [1.807, 2.05) is 17.5 Å². The molecule has 1 unspecified atom stereocenters. The molecular weight excluding hydrogens is 146 g/mol.